The summed E-state index contributed by atoms with van der Waals surface area (Å²) in [5, 5.41) is 8.71. The van der Waals surface area contributed by atoms with Crippen LogP contribution < -0.4 is 21.7 Å². The first-order chi connectivity index (χ1) is 10.1. The number of carbonyl (C=O) groups excluding carboxylic acids is 2. The number of urea groups is 1. The third-order valence-corrected chi connectivity index (χ3v) is 3.65. The lowest BCUT2D eigenvalue weighted by Crippen LogP contribution is -2.23. The molecule has 0 aromatic heterocycles. The molecule has 1 heterocycles. The second kappa shape index (κ2) is 9.27. The van der Waals surface area contributed by atoms with E-state index in [9.17, 15) is 9.59 Å². The van der Waals surface area contributed by atoms with Gasteiger partial charge in [0.25, 0.3) is 0 Å². The molecule has 6 nitrogen and oxygen atoms in total. The number of benzene rings is 1. The van der Waals surface area contributed by atoms with Crippen molar-refractivity contribution in [2.45, 2.75) is 25.8 Å². The summed E-state index contributed by atoms with van der Waals surface area (Å²) in [4.78, 5) is 22.5. The maximum Gasteiger partial charge on any atom is 0.316 e. The van der Waals surface area contributed by atoms with Crippen molar-refractivity contribution >= 4 is 30.0 Å². The molecule has 5 N–H and O–H groups in total. The van der Waals surface area contributed by atoms with Gasteiger partial charge in [0.1, 0.15) is 0 Å². The number of nitrogens with two attached hydrogens (primary N) is 1. The number of carbonyl (C=O) groups is 2. The molecule has 1 unspecified atom stereocenters. The van der Waals surface area contributed by atoms with Gasteiger partial charge in [0, 0.05) is 18.7 Å². The molecule has 2 rings (SSSR count). The largest absolute Gasteiger partial charge is 0.352 e. The summed E-state index contributed by atoms with van der Waals surface area (Å²) in [7, 11) is 0. The molecule has 7 heteroatoms. The quantitative estimate of drug-likeness (QED) is 0.639. The van der Waals surface area contributed by atoms with Crippen LogP contribution in [0.2, 0.25) is 0 Å². The van der Waals surface area contributed by atoms with Crippen LogP contribution in [0.5, 0.6) is 0 Å². The molecule has 0 aliphatic carbocycles. The van der Waals surface area contributed by atoms with Crippen molar-refractivity contribution in [3.8, 4) is 0 Å². The summed E-state index contributed by atoms with van der Waals surface area (Å²) in [6.07, 6.45) is 2.69. The van der Waals surface area contributed by atoms with E-state index in [-0.39, 0.29) is 18.3 Å². The van der Waals surface area contributed by atoms with Crippen LogP contribution in [-0.2, 0) is 11.3 Å². The third kappa shape index (κ3) is 6.32. The standard InChI is InChI=1S/C15H22N4O2.ClH/c16-15(21)19-13-4-1-11(2-5-13)10-18-14(20)6-3-12-7-8-17-9-12;/h1-2,4-5,12,17H,3,6-10H2,(H,18,20)(H3,16,19,21);1H. The molecule has 22 heavy (non-hydrogen) atoms. The fraction of sp³-hybridized carbons (Fsp3) is 0.467. The molecule has 1 aliphatic rings. The predicted octanol–water partition coefficient (Wildman–Crippen LogP) is 1.60. The van der Waals surface area contributed by atoms with Crippen LogP contribution in [0.1, 0.15) is 24.8 Å². The molecule has 122 valence electrons. The highest BCUT2D eigenvalue weighted by Crippen LogP contribution is 2.14. The SMILES string of the molecule is Cl.NC(=O)Nc1ccc(CNC(=O)CCC2CCNC2)cc1. The molecule has 1 aromatic carbocycles. The van der Waals surface area contributed by atoms with Gasteiger partial charge in [-0.05, 0) is 49.5 Å². The number of rotatable bonds is 6. The first-order valence-corrected chi connectivity index (χ1v) is 7.26. The van der Waals surface area contributed by atoms with E-state index in [1.165, 1.54) is 6.42 Å². The Morgan fingerprint density at radius 1 is 1.27 bits per heavy atom. The molecule has 0 saturated carbocycles. The number of hydrogen-bond acceptors (Lipinski definition) is 3. The zero-order valence-electron chi connectivity index (χ0n) is 12.4. The molecular formula is C15H23ClN4O2. The monoisotopic (exact) mass is 326 g/mol. The second-order valence-electron chi connectivity index (χ2n) is 5.36. The summed E-state index contributed by atoms with van der Waals surface area (Å²) in [5.74, 6) is 0.719. The van der Waals surface area contributed by atoms with Gasteiger partial charge in [-0.3, -0.25) is 4.79 Å². The van der Waals surface area contributed by atoms with E-state index in [0.29, 0.717) is 24.6 Å². The van der Waals surface area contributed by atoms with E-state index in [2.05, 4.69) is 16.0 Å². The predicted molar refractivity (Wildman–Crippen MR) is 89.0 cm³/mol. The third-order valence-electron chi connectivity index (χ3n) is 3.65. The molecule has 0 bridgehead atoms. The van der Waals surface area contributed by atoms with E-state index in [4.69, 9.17) is 5.73 Å². The molecule has 0 radical (unpaired) electrons. The molecule has 1 atom stereocenters. The van der Waals surface area contributed by atoms with Crippen molar-refractivity contribution in [1.82, 2.24) is 10.6 Å². The zero-order chi connectivity index (χ0) is 15.1. The van der Waals surface area contributed by atoms with Gasteiger partial charge in [0.05, 0.1) is 0 Å². The number of anilines is 1. The molecule has 1 aromatic rings. The summed E-state index contributed by atoms with van der Waals surface area (Å²) in [5.41, 5.74) is 6.67. The van der Waals surface area contributed by atoms with E-state index in [1.807, 2.05) is 12.1 Å². The minimum Gasteiger partial charge on any atom is -0.352 e. The van der Waals surface area contributed by atoms with Crippen molar-refractivity contribution < 1.29 is 9.59 Å². The highest BCUT2D eigenvalue weighted by atomic mass is 35.5. The van der Waals surface area contributed by atoms with Gasteiger partial charge in [0.15, 0.2) is 0 Å². The molecule has 1 aliphatic heterocycles. The van der Waals surface area contributed by atoms with Gasteiger partial charge < -0.3 is 21.7 Å². The van der Waals surface area contributed by atoms with Crippen molar-refractivity contribution in [1.29, 1.82) is 0 Å². The first-order valence-electron chi connectivity index (χ1n) is 7.26. The maximum atomic E-state index is 11.8. The van der Waals surface area contributed by atoms with Crippen LogP contribution in [0.15, 0.2) is 24.3 Å². The fourth-order valence-electron chi connectivity index (χ4n) is 2.43. The fourth-order valence-corrected chi connectivity index (χ4v) is 2.43. The normalized spacial score (nSPS) is 16.6. The van der Waals surface area contributed by atoms with Gasteiger partial charge in [-0.25, -0.2) is 4.79 Å². The Labute approximate surface area is 136 Å². The molecule has 1 saturated heterocycles. The lowest BCUT2D eigenvalue weighted by Gasteiger charge is -2.09. The van der Waals surface area contributed by atoms with Crippen molar-refractivity contribution in [2.24, 2.45) is 11.7 Å². The number of halogens is 1. The Balaban J connectivity index is 0.00000242. The highest BCUT2D eigenvalue weighted by Gasteiger charge is 2.15. The van der Waals surface area contributed by atoms with Crippen LogP contribution in [0, 0.1) is 5.92 Å². The second-order valence-corrected chi connectivity index (χ2v) is 5.36. The lowest BCUT2D eigenvalue weighted by molar-refractivity contribution is -0.121. The molecule has 3 amide bonds. The van der Waals surface area contributed by atoms with Gasteiger partial charge in [-0.2, -0.15) is 0 Å². The van der Waals surface area contributed by atoms with E-state index in [0.717, 1.165) is 25.1 Å². The van der Waals surface area contributed by atoms with Gasteiger partial charge >= 0.3 is 6.03 Å². The van der Waals surface area contributed by atoms with Crippen LogP contribution in [0.3, 0.4) is 0 Å². The summed E-state index contributed by atoms with van der Waals surface area (Å²) in [6.45, 7) is 2.60. The highest BCUT2D eigenvalue weighted by molar-refractivity contribution is 5.87. The van der Waals surface area contributed by atoms with E-state index >= 15 is 0 Å². The van der Waals surface area contributed by atoms with Crippen molar-refractivity contribution in [2.75, 3.05) is 18.4 Å². The van der Waals surface area contributed by atoms with Crippen molar-refractivity contribution in [3.63, 3.8) is 0 Å². The van der Waals surface area contributed by atoms with Crippen molar-refractivity contribution in [3.05, 3.63) is 29.8 Å². The summed E-state index contributed by atoms with van der Waals surface area (Å²) >= 11 is 0. The Morgan fingerprint density at radius 3 is 2.59 bits per heavy atom. The average Bonchev–Trinajstić information content (AvgIpc) is 2.97. The Morgan fingerprint density at radius 2 is 2.00 bits per heavy atom. The van der Waals surface area contributed by atoms with Crippen LogP contribution in [0.4, 0.5) is 10.5 Å². The first kappa shape index (κ1) is 18.3. The summed E-state index contributed by atoms with van der Waals surface area (Å²) in [6, 6.07) is 6.64. The smallest absolute Gasteiger partial charge is 0.316 e. The van der Waals surface area contributed by atoms with Gasteiger partial charge in [0.2, 0.25) is 5.91 Å². The zero-order valence-corrected chi connectivity index (χ0v) is 13.2. The minimum atomic E-state index is -0.586. The Kier molecular flexibility index (Phi) is 7.70. The van der Waals surface area contributed by atoms with Crippen LogP contribution in [0.25, 0.3) is 0 Å². The average molecular weight is 327 g/mol. The topological polar surface area (TPSA) is 96.2 Å². The number of nitrogens with one attached hydrogen (secondary N) is 3. The van der Waals surface area contributed by atoms with Crippen LogP contribution >= 0.6 is 12.4 Å². The molecule has 0 spiro atoms. The maximum absolute atomic E-state index is 11.8. The Hall–Kier alpha value is -1.79. The van der Waals surface area contributed by atoms with E-state index in [1.54, 1.807) is 12.1 Å². The number of hydrogen-bond donors (Lipinski definition) is 4. The Bertz CT molecular complexity index is 487. The lowest BCUT2D eigenvalue weighted by atomic mass is 10.0. The van der Waals surface area contributed by atoms with Crippen LogP contribution in [-0.4, -0.2) is 25.0 Å². The number of amides is 3. The van der Waals surface area contributed by atoms with E-state index < -0.39 is 6.03 Å². The molecule has 1 fully saturated rings. The summed E-state index contributed by atoms with van der Waals surface area (Å²) < 4.78 is 0. The van der Waals surface area contributed by atoms with Gasteiger partial charge in [-0.1, -0.05) is 12.1 Å². The number of primary amides is 1. The molecular weight excluding hydrogens is 304 g/mol. The van der Waals surface area contributed by atoms with Gasteiger partial charge in [-0.15, -0.1) is 12.4 Å². The minimum absolute atomic E-state index is 0.